The Balaban J connectivity index is 1.62. The highest BCUT2D eigenvalue weighted by Gasteiger charge is 2.21. The number of nitrogens with one attached hydrogen (secondary N) is 2. The highest BCUT2D eigenvalue weighted by Crippen LogP contribution is 2.10. The molecule has 1 aliphatic rings. The van der Waals surface area contributed by atoms with E-state index in [1.165, 1.54) is 5.69 Å². The first kappa shape index (κ1) is 13.9. The average Bonchev–Trinajstić information content (AvgIpc) is 2.98. The second-order valence-corrected chi connectivity index (χ2v) is 5.05. The number of carbonyl (C=O) groups excluding carboxylic acids is 1. The predicted molar refractivity (Wildman–Crippen MR) is 78.4 cm³/mol. The van der Waals surface area contributed by atoms with E-state index < -0.39 is 0 Å². The number of rotatable bonds is 6. The minimum absolute atomic E-state index is 0.0341. The third-order valence-electron chi connectivity index (χ3n) is 3.54. The summed E-state index contributed by atoms with van der Waals surface area (Å²) in [4.78, 5) is 14.0. The Kier molecular flexibility index (Phi) is 5.21. The smallest absolute Gasteiger partial charge is 0.237 e. The summed E-state index contributed by atoms with van der Waals surface area (Å²) in [5.41, 5.74) is 1.21. The van der Waals surface area contributed by atoms with Crippen LogP contribution in [0, 0.1) is 0 Å². The number of para-hydroxylation sites is 1. The van der Waals surface area contributed by atoms with Crippen molar-refractivity contribution in [3.63, 3.8) is 0 Å². The highest BCUT2D eigenvalue weighted by molar-refractivity contribution is 5.81. The van der Waals surface area contributed by atoms with Crippen molar-refractivity contribution in [3.8, 4) is 0 Å². The third kappa shape index (κ3) is 4.24. The zero-order chi connectivity index (χ0) is 13.5. The molecule has 1 aromatic rings. The van der Waals surface area contributed by atoms with Crippen LogP contribution in [0.3, 0.4) is 0 Å². The van der Waals surface area contributed by atoms with E-state index in [0.29, 0.717) is 0 Å². The zero-order valence-corrected chi connectivity index (χ0v) is 11.6. The van der Waals surface area contributed by atoms with Gasteiger partial charge < -0.3 is 15.5 Å². The van der Waals surface area contributed by atoms with Crippen molar-refractivity contribution in [2.45, 2.75) is 25.3 Å². The summed E-state index contributed by atoms with van der Waals surface area (Å²) in [5, 5.41) is 6.21. The third-order valence-corrected chi connectivity index (χ3v) is 3.54. The van der Waals surface area contributed by atoms with Crippen LogP contribution in [0.25, 0.3) is 0 Å². The molecule has 2 rings (SSSR count). The van der Waals surface area contributed by atoms with Gasteiger partial charge >= 0.3 is 0 Å². The van der Waals surface area contributed by atoms with Crippen LogP contribution < -0.4 is 15.5 Å². The summed E-state index contributed by atoms with van der Waals surface area (Å²) in [6.07, 6.45) is 3.04. The number of hydrogen-bond donors (Lipinski definition) is 2. The van der Waals surface area contributed by atoms with E-state index in [1.54, 1.807) is 0 Å². The van der Waals surface area contributed by atoms with Gasteiger partial charge in [0.05, 0.1) is 6.04 Å². The van der Waals surface area contributed by atoms with E-state index in [1.807, 2.05) is 18.2 Å². The van der Waals surface area contributed by atoms with Gasteiger partial charge in [0.25, 0.3) is 0 Å². The predicted octanol–water partition coefficient (Wildman–Crippen LogP) is 1.38. The second-order valence-electron chi connectivity index (χ2n) is 5.05. The largest absolute Gasteiger partial charge is 0.375 e. The Labute approximate surface area is 115 Å². The minimum atomic E-state index is 0.0341. The molecule has 1 saturated heterocycles. The molecule has 1 aromatic carbocycles. The van der Waals surface area contributed by atoms with Crippen molar-refractivity contribution in [2.24, 2.45) is 0 Å². The van der Waals surface area contributed by atoms with E-state index in [-0.39, 0.29) is 11.9 Å². The lowest BCUT2D eigenvalue weighted by Crippen LogP contribution is -2.41. The molecule has 0 radical (unpaired) electrons. The molecule has 0 unspecified atom stereocenters. The number of benzene rings is 1. The quantitative estimate of drug-likeness (QED) is 0.760. The summed E-state index contributed by atoms with van der Waals surface area (Å²) in [6, 6.07) is 10.3. The van der Waals surface area contributed by atoms with Gasteiger partial charge in [-0.05, 0) is 37.9 Å². The molecule has 0 saturated carbocycles. The van der Waals surface area contributed by atoms with Crippen LogP contribution in [0.2, 0.25) is 0 Å². The van der Waals surface area contributed by atoms with Gasteiger partial charge in [0.1, 0.15) is 0 Å². The molecule has 4 nitrogen and oxygen atoms in total. The maximum Gasteiger partial charge on any atom is 0.237 e. The van der Waals surface area contributed by atoms with Crippen molar-refractivity contribution in [2.75, 3.05) is 31.6 Å². The van der Waals surface area contributed by atoms with Gasteiger partial charge in [0.15, 0.2) is 0 Å². The molecule has 0 aliphatic carbocycles. The molecule has 4 heteroatoms. The Bertz CT molecular complexity index is 388. The van der Waals surface area contributed by atoms with Crippen LogP contribution in [0.1, 0.15) is 19.3 Å². The number of amides is 1. The van der Waals surface area contributed by atoms with Crippen LogP contribution in [-0.2, 0) is 4.79 Å². The van der Waals surface area contributed by atoms with Gasteiger partial charge in [-0.15, -0.1) is 0 Å². The molecule has 1 fully saturated rings. The van der Waals surface area contributed by atoms with E-state index in [4.69, 9.17) is 0 Å². The van der Waals surface area contributed by atoms with Gasteiger partial charge in [-0.25, -0.2) is 0 Å². The Morgan fingerprint density at radius 1 is 1.42 bits per heavy atom. The van der Waals surface area contributed by atoms with Gasteiger partial charge in [-0.3, -0.25) is 4.79 Å². The fourth-order valence-electron chi connectivity index (χ4n) is 2.37. The summed E-state index contributed by atoms with van der Waals surface area (Å²) in [5.74, 6) is 0.153. The maximum atomic E-state index is 11.8. The molecule has 1 amide bonds. The number of carbonyl (C=O) groups is 1. The zero-order valence-electron chi connectivity index (χ0n) is 11.6. The molecule has 0 bridgehead atoms. The van der Waals surface area contributed by atoms with Crippen molar-refractivity contribution in [1.82, 2.24) is 10.6 Å². The van der Waals surface area contributed by atoms with Crippen LogP contribution >= 0.6 is 0 Å². The van der Waals surface area contributed by atoms with E-state index in [0.717, 1.165) is 38.9 Å². The first-order valence-corrected chi connectivity index (χ1v) is 7.04. The number of nitrogens with zero attached hydrogens (tertiary/aromatic N) is 1. The second kappa shape index (κ2) is 7.14. The number of hydrogen-bond acceptors (Lipinski definition) is 3. The van der Waals surface area contributed by atoms with Crippen LogP contribution in [0.4, 0.5) is 5.69 Å². The molecule has 2 N–H and O–H groups in total. The molecule has 1 aliphatic heterocycles. The fraction of sp³-hybridized carbons (Fsp3) is 0.533. The van der Waals surface area contributed by atoms with Gasteiger partial charge in [0, 0.05) is 25.8 Å². The summed E-state index contributed by atoms with van der Waals surface area (Å²) in [6.45, 7) is 2.66. The SMILES string of the molecule is CN(CCCNC(=O)[C@@H]1CCCN1)c1ccccc1. The maximum absolute atomic E-state index is 11.8. The Hall–Kier alpha value is -1.55. The van der Waals surface area contributed by atoms with Crippen LogP contribution in [0.15, 0.2) is 30.3 Å². The van der Waals surface area contributed by atoms with Gasteiger partial charge in [-0.1, -0.05) is 18.2 Å². The molecule has 0 aromatic heterocycles. The standard InChI is InChI=1S/C15H23N3O/c1-18(13-7-3-2-4-8-13)12-6-11-17-15(19)14-9-5-10-16-14/h2-4,7-8,14,16H,5-6,9-12H2,1H3,(H,17,19)/t14-/m0/s1. The molecule has 1 heterocycles. The fourth-order valence-corrected chi connectivity index (χ4v) is 2.37. The summed E-state index contributed by atoms with van der Waals surface area (Å²) < 4.78 is 0. The molecular formula is C15H23N3O. The average molecular weight is 261 g/mol. The minimum Gasteiger partial charge on any atom is -0.375 e. The highest BCUT2D eigenvalue weighted by atomic mass is 16.2. The number of anilines is 1. The van der Waals surface area contributed by atoms with E-state index in [9.17, 15) is 4.79 Å². The van der Waals surface area contributed by atoms with Crippen molar-refractivity contribution in [3.05, 3.63) is 30.3 Å². The van der Waals surface area contributed by atoms with Crippen LogP contribution in [-0.4, -0.2) is 38.6 Å². The monoisotopic (exact) mass is 261 g/mol. The lowest BCUT2D eigenvalue weighted by atomic mass is 10.2. The normalized spacial score (nSPS) is 18.3. The molecule has 0 spiro atoms. The lowest BCUT2D eigenvalue weighted by molar-refractivity contribution is -0.122. The molecule has 1 atom stereocenters. The Morgan fingerprint density at radius 2 is 2.21 bits per heavy atom. The topological polar surface area (TPSA) is 44.4 Å². The molecule has 104 valence electrons. The summed E-state index contributed by atoms with van der Waals surface area (Å²) in [7, 11) is 2.08. The molecular weight excluding hydrogens is 238 g/mol. The van der Waals surface area contributed by atoms with Crippen molar-refractivity contribution >= 4 is 11.6 Å². The van der Waals surface area contributed by atoms with Crippen molar-refractivity contribution in [1.29, 1.82) is 0 Å². The Morgan fingerprint density at radius 3 is 2.89 bits per heavy atom. The van der Waals surface area contributed by atoms with E-state index >= 15 is 0 Å². The van der Waals surface area contributed by atoms with Crippen LogP contribution in [0.5, 0.6) is 0 Å². The molecule has 19 heavy (non-hydrogen) atoms. The summed E-state index contributed by atoms with van der Waals surface area (Å²) >= 11 is 0. The lowest BCUT2D eigenvalue weighted by Gasteiger charge is -2.19. The first-order valence-electron chi connectivity index (χ1n) is 7.04. The van der Waals surface area contributed by atoms with E-state index in [2.05, 4.69) is 34.7 Å². The van der Waals surface area contributed by atoms with Gasteiger partial charge in [0.2, 0.25) is 5.91 Å². The van der Waals surface area contributed by atoms with Crippen molar-refractivity contribution < 1.29 is 4.79 Å². The van der Waals surface area contributed by atoms with Gasteiger partial charge in [-0.2, -0.15) is 0 Å². The first-order chi connectivity index (χ1) is 9.27.